The lowest BCUT2D eigenvalue weighted by molar-refractivity contribution is 0.573. The van der Waals surface area contributed by atoms with Crippen molar-refractivity contribution in [1.29, 1.82) is 0 Å². The van der Waals surface area contributed by atoms with Crippen LogP contribution >= 0.6 is 0 Å². The van der Waals surface area contributed by atoms with Crippen LogP contribution in [0.4, 0.5) is 34.1 Å². The van der Waals surface area contributed by atoms with Crippen LogP contribution in [0.3, 0.4) is 0 Å². The maximum absolute atomic E-state index is 10.1. The number of para-hydroxylation sites is 6. The van der Waals surface area contributed by atoms with Crippen molar-refractivity contribution in [2.75, 3.05) is 9.80 Å². The van der Waals surface area contributed by atoms with Crippen molar-refractivity contribution in [3.8, 4) is 44.8 Å². The largest absolute Gasteiger partial charge is 0.454 e. The van der Waals surface area contributed by atoms with Crippen LogP contribution in [0.15, 0.2) is 289 Å². The van der Waals surface area contributed by atoms with Gasteiger partial charge in [-0.2, -0.15) is 0 Å². The summed E-state index contributed by atoms with van der Waals surface area (Å²) in [4.78, 5) is 4.05. The van der Waals surface area contributed by atoms with Gasteiger partial charge >= 0.3 is 0 Å². The Morgan fingerprint density at radius 1 is 0.348 bits per heavy atom. The van der Waals surface area contributed by atoms with E-state index in [0.29, 0.717) is 78.2 Å². The second-order valence-electron chi connectivity index (χ2n) is 25.7. The minimum absolute atomic E-state index is 0.0995. The van der Waals surface area contributed by atoms with E-state index in [9.17, 15) is 21.9 Å². The molecule has 0 N–H and O–H groups in total. The molecule has 0 spiro atoms. The van der Waals surface area contributed by atoms with E-state index >= 15 is 0 Å². The number of anilines is 6. The summed E-state index contributed by atoms with van der Waals surface area (Å²) in [5.41, 5.74) is 8.60. The normalized spacial score (nSPS) is 16.2. The van der Waals surface area contributed by atoms with Gasteiger partial charge in [-0.3, -0.25) is 0 Å². The van der Waals surface area contributed by atoms with Crippen molar-refractivity contribution in [3.05, 3.63) is 296 Å². The minimum Gasteiger partial charge on any atom is -0.454 e. The second kappa shape index (κ2) is 20.2. The number of benzene rings is 13. The lowest BCUT2D eigenvalue weighted by atomic mass is 9.33. The Morgan fingerprint density at radius 2 is 0.826 bits per heavy atom. The lowest BCUT2D eigenvalue weighted by Crippen LogP contribution is -2.61. The molecule has 2 aliphatic rings. The molecule has 0 amide bonds. The SMILES string of the molecule is [2H]c1c([2H])c([2H])c(-c2ccc3c(c2)N(c2c(-c4ccccc4)cc(C(C)(C)C)cc2-c2ccccc2)c2cc(-n4c5c([2H])c([2H])c([2H])c([2H])c5c5c([2H])c([2H])c([2H])c([2H])c54)cc4c2B3c2ccc(-n3c5c([2H])c([2H])c([2H])c([2H])c5c5c([2H])c([2H])c([2H])c([2H])c53)cc2N4c2cccc3c2oc2c(C(C)(C)C)cccc23)c([2H])c1[2H]. The highest BCUT2D eigenvalue weighted by Gasteiger charge is 2.46. The number of furan rings is 1. The molecule has 16 aromatic rings. The van der Waals surface area contributed by atoms with Crippen LogP contribution < -0.4 is 26.2 Å². The summed E-state index contributed by atoms with van der Waals surface area (Å²) in [5, 5.41) is 0.743. The third-order valence-corrected chi connectivity index (χ3v) is 18.3. The average molecular weight is 1200 g/mol. The van der Waals surface area contributed by atoms with Gasteiger partial charge in [0.05, 0.1) is 67.9 Å². The summed E-state index contributed by atoms with van der Waals surface area (Å²) in [6.07, 6.45) is 0. The Hall–Kier alpha value is -11.1. The van der Waals surface area contributed by atoms with E-state index in [-0.39, 0.29) is 66.1 Å². The Balaban J connectivity index is 1.10. The van der Waals surface area contributed by atoms with Gasteiger partial charge in [-0.1, -0.05) is 253 Å². The molecule has 13 aromatic carbocycles. The Kier molecular flexibility index (Phi) is 8.03. The monoisotopic (exact) mass is 1200 g/mol. The molecule has 0 atom stereocenters. The Morgan fingerprint density at radius 3 is 1.38 bits per heavy atom. The predicted molar refractivity (Wildman–Crippen MR) is 390 cm³/mol. The van der Waals surface area contributed by atoms with Crippen molar-refractivity contribution < 1.29 is 33.2 Å². The summed E-state index contributed by atoms with van der Waals surface area (Å²) in [5.74, 6) is 0. The van der Waals surface area contributed by atoms with Crippen LogP contribution in [0.5, 0.6) is 0 Å². The van der Waals surface area contributed by atoms with Crippen LogP contribution in [0.2, 0.25) is 0 Å². The van der Waals surface area contributed by atoms with E-state index in [0.717, 1.165) is 27.6 Å². The molecule has 6 heteroatoms. The molecule has 0 bridgehead atoms. The van der Waals surface area contributed by atoms with E-state index in [2.05, 4.69) is 58.6 Å². The predicted octanol–water partition coefficient (Wildman–Crippen LogP) is 21.5. The molecular formula is C86H65BN4O. The van der Waals surface area contributed by atoms with Crippen LogP contribution in [-0.2, 0) is 10.8 Å². The van der Waals surface area contributed by atoms with Gasteiger partial charge in [0.1, 0.15) is 5.58 Å². The number of hydrogen-bond acceptors (Lipinski definition) is 3. The van der Waals surface area contributed by atoms with Crippen molar-refractivity contribution >= 4 is 123 Å². The fourth-order valence-electron chi connectivity index (χ4n) is 14.2. The molecule has 0 saturated heterocycles. The first-order valence-electron chi connectivity index (χ1n) is 41.1. The number of aromatic nitrogens is 2. The molecule has 5 heterocycles. The van der Waals surface area contributed by atoms with Gasteiger partial charge in [0, 0.05) is 77.4 Å². The van der Waals surface area contributed by atoms with Crippen molar-refractivity contribution in [1.82, 2.24) is 9.13 Å². The average Bonchev–Trinajstić information content (AvgIpc) is 1.57. The van der Waals surface area contributed by atoms with E-state index in [4.69, 9.17) is 11.3 Å². The van der Waals surface area contributed by atoms with E-state index in [1.54, 1.807) is 30.3 Å². The summed E-state index contributed by atoms with van der Waals surface area (Å²) in [6.45, 7) is 11.7. The third-order valence-electron chi connectivity index (χ3n) is 18.3. The topological polar surface area (TPSA) is 29.5 Å². The first kappa shape index (κ1) is 36.6. The maximum atomic E-state index is 10.1. The van der Waals surface area contributed by atoms with Crippen molar-refractivity contribution in [3.63, 3.8) is 0 Å². The van der Waals surface area contributed by atoms with Crippen molar-refractivity contribution in [2.24, 2.45) is 0 Å². The Bertz CT molecular complexity index is 6760. The van der Waals surface area contributed by atoms with Crippen LogP contribution in [0.25, 0.3) is 110 Å². The highest BCUT2D eigenvalue weighted by molar-refractivity contribution is 7.00. The third kappa shape index (κ3) is 8.12. The zero-order valence-corrected chi connectivity index (χ0v) is 50.8. The Labute approximate surface area is 565 Å². The quantitative estimate of drug-likeness (QED) is 0.149. The molecule has 3 aromatic heterocycles. The van der Waals surface area contributed by atoms with Gasteiger partial charge in [-0.25, -0.2) is 0 Å². The van der Waals surface area contributed by atoms with Crippen LogP contribution in [0.1, 0.15) is 81.5 Å². The van der Waals surface area contributed by atoms with Gasteiger partial charge < -0.3 is 23.4 Å². The smallest absolute Gasteiger partial charge is 0.252 e. The number of nitrogens with zero attached hydrogens (tertiary/aromatic N) is 4. The number of hydrogen-bond donors (Lipinski definition) is 0. The van der Waals surface area contributed by atoms with Crippen LogP contribution in [0, 0.1) is 0 Å². The maximum Gasteiger partial charge on any atom is 0.252 e. The summed E-state index contributed by atoms with van der Waals surface area (Å²) < 4.78 is 208. The highest BCUT2D eigenvalue weighted by Crippen LogP contribution is 2.54. The standard InChI is InChI=1S/C86H65BN4O/c1-85(2,3)58-49-67(55-28-12-8-13-29-55)82(68(50-58)56-30-14-9-15-31-56)91-77-48-57(54-26-10-7-11-27-54)44-46-70(77)87-71-47-45-59(88-72-39-20-16-32-61(72)62-33-17-21-40-73(62)88)51-78(71)90(76-43-25-37-66-65-36-24-38-69(86(4,5)6)83(65)92-84(66)76)79-52-60(53-80(91)81(79)87)89-74-41-22-18-34-63(74)64-35-19-23-42-75(64)89/h7-53H,1-6H3/i7D,10D,11D,16D,17D,18D,19D,20D,21D,22D,23D,26D,27D,32D,33D,34D,35D,39D,40D,41D,42D. The molecule has 0 radical (unpaired) electrons. The molecule has 0 fully saturated rings. The fraction of sp³-hybridized carbons (Fsp3) is 0.0930. The first-order chi connectivity index (χ1) is 53.6. The highest BCUT2D eigenvalue weighted by atomic mass is 16.3. The molecule has 0 unspecified atom stereocenters. The van der Waals surface area contributed by atoms with Gasteiger partial charge in [-0.05, 0) is 128 Å². The van der Waals surface area contributed by atoms with E-state index in [1.807, 2.05) is 120 Å². The summed E-state index contributed by atoms with van der Waals surface area (Å²) in [7, 11) is 0. The molecule has 438 valence electrons. The lowest BCUT2D eigenvalue weighted by Gasteiger charge is -2.45. The zero-order valence-electron chi connectivity index (χ0n) is 71.8. The van der Waals surface area contributed by atoms with Crippen molar-refractivity contribution in [2.45, 2.75) is 52.4 Å². The molecule has 5 nitrogen and oxygen atoms in total. The molecule has 2 aliphatic heterocycles. The molecule has 0 aliphatic carbocycles. The van der Waals surface area contributed by atoms with E-state index in [1.165, 1.54) is 9.13 Å². The van der Waals surface area contributed by atoms with Gasteiger partial charge in [-0.15, -0.1) is 0 Å². The molecular weight excluding hydrogens is 1120 g/mol. The van der Waals surface area contributed by atoms with E-state index < -0.39 is 144 Å². The summed E-state index contributed by atoms with van der Waals surface area (Å²) >= 11 is 0. The molecule has 18 rings (SSSR count). The number of fused-ring (bicyclic) bond motifs is 13. The first-order valence-corrected chi connectivity index (χ1v) is 30.6. The van der Waals surface area contributed by atoms with Gasteiger partial charge in [0.2, 0.25) is 0 Å². The molecule has 0 saturated carbocycles. The van der Waals surface area contributed by atoms with Gasteiger partial charge in [0.15, 0.2) is 5.58 Å². The minimum atomic E-state index is -0.966. The van der Waals surface area contributed by atoms with Gasteiger partial charge in [0.25, 0.3) is 6.71 Å². The number of rotatable bonds is 7. The fourth-order valence-corrected chi connectivity index (χ4v) is 14.2. The molecule has 92 heavy (non-hydrogen) atoms. The van der Waals surface area contributed by atoms with Crippen LogP contribution in [-0.4, -0.2) is 15.8 Å². The zero-order chi connectivity index (χ0) is 80.0. The summed E-state index contributed by atoms with van der Waals surface area (Å²) in [6, 6.07) is 37.6. The second-order valence-corrected chi connectivity index (χ2v) is 25.7.